The topological polar surface area (TPSA) is 29.5 Å². The highest BCUT2D eigenvalue weighted by Gasteiger charge is 2.23. The Morgan fingerprint density at radius 2 is 2.06 bits per heavy atom. The van der Waals surface area contributed by atoms with Crippen molar-refractivity contribution in [1.82, 2.24) is 4.90 Å². The summed E-state index contributed by atoms with van der Waals surface area (Å²) in [7, 11) is 0. The van der Waals surface area contributed by atoms with Gasteiger partial charge in [0.15, 0.2) is 5.75 Å². The van der Waals surface area contributed by atoms with Gasteiger partial charge in [-0.2, -0.15) is 0 Å². The summed E-state index contributed by atoms with van der Waals surface area (Å²) in [4.78, 5) is 13.7. The maximum Gasteiger partial charge on any atom is 0.415 e. The SMILES string of the molecule is CCC1CCN(C(=O)Oc2ccccc2Cl)CC1. The van der Waals surface area contributed by atoms with E-state index in [0.717, 1.165) is 31.8 Å². The number of halogens is 1. The van der Waals surface area contributed by atoms with Crippen molar-refractivity contribution < 1.29 is 9.53 Å². The Balaban J connectivity index is 1.91. The van der Waals surface area contributed by atoms with Crippen molar-refractivity contribution in [3.63, 3.8) is 0 Å². The highest BCUT2D eigenvalue weighted by molar-refractivity contribution is 6.32. The Kier molecular flexibility index (Phi) is 4.48. The predicted molar refractivity (Wildman–Crippen MR) is 72.1 cm³/mol. The Morgan fingerprint density at radius 3 is 2.67 bits per heavy atom. The van der Waals surface area contributed by atoms with E-state index >= 15 is 0 Å². The second-order valence-electron chi connectivity index (χ2n) is 4.64. The third kappa shape index (κ3) is 3.16. The van der Waals surface area contributed by atoms with Gasteiger partial charge in [-0.1, -0.05) is 37.1 Å². The molecule has 0 N–H and O–H groups in total. The van der Waals surface area contributed by atoms with E-state index < -0.39 is 0 Å². The van der Waals surface area contributed by atoms with E-state index in [1.54, 1.807) is 23.1 Å². The minimum absolute atomic E-state index is 0.294. The van der Waals surface area contributed by atoms with Gasteiger partial charge in [0.1, 0.15) is 0 Å². The van der Waals surface area contributed by atoms with Crippen LogP contribution < -0.4 is 4.74 Å². The first-order valence-electron chi connectivity index (χ1n) is 6.42. The van der Waals surface area contributed by atoms with Gasteiger partial charge >= 0.3 is 6.09 Å². The lowest BCUT2D eigenvalue weighted by atomic mass is 9.95. The fraction of sp³-hybridized carbons (Fsp3) is 0.500. The quantitative estimate of drug-likeness (QED) is 0.812. The van der Waals surface area contributed by atoms with Gasteiger partial charge in [-0.15, -0.1) is 0 Å². The number of piperidine rings is 1. The third-order valence-corrected chi connectivity index (χ3v) is 3.80. The molecule has 1 aromatic carbocycles. The van der Waals surface area contributed by atoms with Crippen LogP contribution in [0.5, 0.6) is 5.75 Å². The largest absolute Gasteiger partial charge is 0.415 e. The van der Waals surface area contributed by atoms with Gasteiger partial charge in [0.2, 0.25) is 0 Å². The van der Waals surface area contributed by atoms with E-state index in [-0.39, 0.29) is 6.09 Å². The average Bonchev–Trinajstić information content (AvgIpc) is 2.41. The standard InChI is InChI=1S/C14H18ClNO2/c1-2-11-7-9-16(10-8-11)14(17)18-13-6-4-3-5-12(13)15/h3-6,11H,2,7-10H2,1H3. The molecule has 1 aliphatic rings. The predicted octanol–water partition coefficient (Wildman–Crippen LogP) is 3.96. The molecule has 98 valence electrons. The van der Waals surface area contributed by atoms with Crippen LogP contribution in [0.3, 0.4) is 0 Å². The molecular weight excluding hydrogens is 250 g/mol. The minimum atomic E-state index is -0.294. The van der Waals surface area contributed by atoms with Crippen LogP contribution >= 0.6 is 11.6 Å². The average molecular weight is 268 g/mol. The van der Waals surface area contributed by atoms with Crippen LogP contribution in [-0.2, 0) is 0 Å². The molecule has 1 aromatic rings. The number of hydrogen-bond acceptors (Lipinski definition) is 2. The molecule has 1 aliphatic heterocycles. The number of amides is 1. The molecule has 0 radical (unpaired) electrons. The smallest absolute Gasteiger partial charge is 0.409 e. The second-order valence-corrected chi connectivity index (χ2v) is 5.04. The Bertz CT molecular complexity index is 414. The fourth-order valence-electron chi connectivity index (χ4n) is 2.21. The Hall–Kier alpha value is -1.22. The maximum absolute atomic E-state index is 12.0. The lowest BCUT2D eigenvalue weighted by Crippen LogP contribution is -2.40. The summed E-state index contributed by atoms with van der Waals surface area (Å²) in [6, 6.07) is 7.04. The molecule has 0 atom stereocenters. The molecule has 1 amide bonds. The second kappa shape index (κ2) is 6.10. The molecule has 1 fully saturated rings. The van der Waals surface area contributed by atoms with E-state index in [0.29, 0.717) is 10.8 Å². The van der Waals surface area contributed by atoms with Crippen LogP contribution in [0.4, 0.5) is 4.79 Å². The number of likely N-dealkylation sites (tertiary alicyclic amines) is 1. The van der Waals surface area contributed by atoms with Crippen LogP contribution in [0.15, 0.2) is 24.3 Å². The third-order valence-electron chi connectivity index (χ3n) is 3.48. The summed E-state index contributed by atoms with van der Waals surface area (Å²) in [5.74, 6) is 1.18. The summed E-state index contributed by atoms with van der Waals surface area (Å²) in [5.41, 5.74) is 0. The van der Waals surface area contributed by atoms with Crippen molar-refractivity contribution in [1.29, 1.82) is 0 Å². The molecule has 0 bridgehead atoms. The van der Waals surface area contributed by atoms with Gasteiger partial charge in [0.05, 0.1) is 5.02 Å². The van der Waals surface area contributed by atoms with Gasteiger partial charge in [-0.25, -0.2) is 4.79 Å². The number of carbonyl (C=O) groups excluding carboxylic acids is 1. The monoisotopic (exact) mass is 267 g/mol. The molecular formula is C14H18ClNO2. The van der Waals surface area contributed by atoms with E-state index in [4.69, 9.17) is 16.3 Å². The van der Waals surface area contributed by atoms with Crippen LogP contribution in [0.1, 0.15) is 26.2 Å². The molecule has 0 unspecified atom stereocenters. The van der Waals surface area contributed by atoms with Gasteiger partial charge in [-0.05, 0) is 30.9 Å². The maximum atomic E-state index is 12.0. The molecule has 2 rings (SSSR count). The number of benzene rings is 1. The van der Waals surface area contributed by atoms with Crippen LogP contribution in [-0.4, -0.2) is 24.1 Å². The van der Waals surface area contributed by atoms with Crippen molar-refractivity contribution in [2.24, 2.45) is 5.92 Å². The van der Waals surface area contributed by atoms with E-state index in [9.17, 15) is 4.79 Å². The lowest BCUT2D eigenvalue weighted by Gasteiger charge is -2.30. The summed E-state index contributed by atoms with van der Waals surface area (Å²) in [5, 5.41) is 0.467. The summed E-state index contributed by atoms with van der Waals surface area (Å²) in [6.07, 6.45) is 3.02. The highest BCUT2D eigenvalue weighted by Crippen LogP contribution is 2.25. The molecule has 18 heavy (non-hydrogen) atoms. The Labute approximate surface area is 113 Å². The molecule has 1 saturated heterocycles. The number of nitrogens with zero attached hydrogens (tertiary/aromatic N) is 1. The van der Waals surface area contributed by atoms with E-state index in [2.05, 4.69) is 6.92 Å². The number of carbonyl (C=O) groups is 1. The summed E-state index contributed by atoms with van der Waals surface area (Å²) in [6.45, 7) is 3.76. The van der Waals surface area contributed by atoms with Crippen LogP contribution in [0, 0.1) is 5.92 Å². The van der Waals surface area contributed by atoms with Crippen molar-refractivity contribution in [3.8, 4) is 5.75 Å². The first kappa shape index (κ1) is 13.2. The molecule has 3 nitrogen and oxygen atoms in total. The van der Waals surface area contributed by atoms with Gasteiger partial charge < -0.3 is 9.64 Å². The first-order chi connectivity index (χ1) is 8.70. The van der Waals surface area contributed by atoms with Crippen LogP contribution in [0.25, 0.3) is 0 Å². The van der Waals surface area contributed by atoms with Gasteiger partial charge in [0, 0.05) is 13.1 Å². The van der Waals surface area contributed by atoms with Crippen LogP contribution in [0.2, 0.25) is 5.02 Å². The van der Waals surface area contributed by atoms with Crippen molar-refractivity contribution >= 4 is 17.7 Å². The fourth-order valence-corrected chi connectivity index (χ4v) is 2.38. The zero-order valence-electron chi connectivity index (χ0n) is 10.6. The van der Waals surface area contributed by atoms with Crippen molar-refractivity contribution in [2.45, 2.75) is 26.2 Å². The molecule has 0 aliphatic carbocycles. The normalized spacial score (nSPS) is 16.7. The lowest BCUT2D eigenvalue weighted by molar-refractivity contribution is 0.130. The Morgan fingerprint density at radius 1 is 1.39 bits per heavy atom. The summed E-state index contributed by atoms with van der Waals surface area (Å²) >= 11 is 5.96. The van der Waals surface area contributed by atoms with Gasteiger partial charge in [-0.3, -0.25) is 0 Å². The molecule has 1 heterocycles. The van der Waals surface area contributed by atoms with E-state index in [1.165, 1.54) is 6.42 Å². The first-order valence-corrected chi connectivity index (χ1v) is 6.79. The zero-order valence-corrected chi connectivity index (χ0v) is 11.3. The van der Waals surface area contributed by atoms with E-state index in [1.807, 2.05) is 6.07 Å². The molecule has 4 heteroatoms. The molecule has 0 aromatic heterocycles. The van der Waals surface area contributed by atoms with Crippen molar-refractivity contribution in [2.75, 3.05) is 13.1 Å². The number of ether oxygens (including phenoxy) is 1. The number of hydrogen-bond donors (Lipinski definition) is 0. The minimum Gasteiger partial charge on any atom is -0.409 e. The number of rotatable bonds is 2. The molecule has 0 saturated carbocycles. The zero-order chi connectivity index (χ0) is 13.0. The number of para-hydroxylation sites is 1. The highest BCUT2D eigenvalue weighted by atomic mass is 35.5. The van der Waals surface area contributed by atoms with Crippen molar-refractivity contribution in [3.05, 3.63) is 29.3 Å². The molecule has 0 spiro atoms. The summed E-state index contributed by atoms with van der Waals surface area (Å²) < 4.78 is 5.31. The van der Waals surface area contributed by atoms with Gasteiger partial charge in [0.25, 0.3) is 0 Å².